The van der Waals surface area contributed by atoms with Crippen LogP contribution < -0.4 is 5.46 Å². The Bertz CT molecular complexity index is 1720. The van der Waals surface area contributed by atoms with Crippen molar-refractivity contribution < 1.29 is 18.6 Å². The van der Waals surface area contributed by atoms with Crippen molar-refractivity contribution in [2.24, 2.45) is 0 Å². The van der Waals surface area contributed by atoms with Crippen LogP contribution >= 0.6 is 0 Å². The summed E-state index contributed by atoms with van der Waals surface area (Å²) in [6, 6.07) is 24.2. The first-order valence-electron chi connectivity index (χ1n) is 11.7. The third-order valence-electron chi connectivity index (χ3n) is 7.00. The number of furan rings is 1. The number of rotatable bonds is 5. The lowest BCUT2D eigenvalue weighted by molar-refractivity contribution is -0.0892. The second-order valence-electron chi connectivity index (χ2n) is 9.99. The minimum atomic E-state index is -1.06. The number of hydrogen-bond acceptors (Lipinski definition) is 5. The van der Waals surface area contributed by atoms with Crippen LogP contribution in [-0.2, 0) is 4.65 Å². The molecule has 0 unspecified atom stereocenters. The number of hydrogen-bond donors (Lipinski definition) is 1. The summed E-state index contributed by atoms with van der Waals surface area (Å²) >= 11 is 0. The van der Waals surface area contributed by atoms with Gasteiger partial charge in [-0.25, -0.2) is 4.98 Å². The van der Waals surface area contributed by atoms with Gasteiger partial charge in [-0.1, -0.05) is 48.5 Å². The lowest BCUT2D eigenvalue weighted by Crippen LogP contribution is -2.49. The van der Waals surface area contributed by atoms with Crippen LogP contribution in [0.5, 0.6) is 0 Å². The van der Waals surface area contributed by atoms with Crippen LogP contribution in [0.2, 0.25) is 0 Å². The Balaban J connectivity index is 1.56. The highest BCUT2D eigenvalue weighted by Gasteiger charge is 2.36. The zero-order valence-electron chi connectivity index (χ0n) is 20.1. The fourth-order valence-electron chi connectivity index (χ4n) is 4.22. The number of oxazole rings is 1. The number of aromatic nitrogens is 1. The molecule has 35 heavy (non-hydrogen) atoms. The average molecular weight is 462 g/mol. The van der Waals surface area contributed by atoms with Gasteiger partial charge in [-0.05, 0) is 62.1 Å². The molecular weight excluding hydrogens is 437 g/mol. The summed E-state index contributed by atoms with van der Waals surface area (Å²) < 4.78 is 18.6. The number of aliphatic hydroxyl groups is 1. The molecule has 5 nitrogen and oxygen atoms in total. The average Bonchev–Trinajstić information content (AvgIpc) is 3.42. The Morgan fingerprint density at radius 2 is 1.54 bits per heavy atom. The van der Waals surface area contributed by atoms with Crippen molar-refractivity contribution in [3.63, 3.8) is 0 Å². The standard InChI is InChI=1S/C29H25BNO4/c1-28(2,32)29(3,4)35-30-25-24-20-11-7-8-12-21(20)33-22(24)16-23-26(25)31-27(34-23)19-14-13-17-9-5-6-10-18(17)15-19/h5-16,32H,1-4H3. The highest BCUT2D eigenvalue weighted by Crippen LogP contribution is 2.34. The van der Waals surface area contributed by atoms with Gasteiger partial charge in [0.2, 0.25) is 5.89 Å². The first-order chi connectivity index (χ1) is 16.7. The molecule has 0 spiro atoms. The summed E-state index contributed by atoms with van der Waals surface area (Å²) in [6.07, 6.45) is 0. The van der Waals surface area contributed by atoms with Gasteiger partial charge in [-0.2, -0.15) is 0 Å². The predicted molar refractivity (Wildman–Crippen MR) is 141 cm³/mol. The zero-order chi connectivity index (χ0) is 24.4. The molecule has 0 amide bonds. The Labute approximate surface area is 203 Å². The van der Waals surface area contributed by atoms with Crippen molar-refractivity contribution in [2.45, 2.75) is 38.9 Å². The van der Waals surface area contributed by atoms with E-state index in [0.717, 1.165) is 38.2 Å². The van der Waals surface area contributed by atoms with Crippen LogP contribution in [0.15, 0.2) is 81.6 Å². The first-order valence-corrected chi connectivity index (χ1v) is 11.7. The summed E-state index contributed by atoms with van der Waals surface area (Å²) in [4.78, 5) is 4.91. The van der Waals surface area contributed by atoms with Crippen molar-refractivity contribution in [3.05, 3.63) is 72.8 Å². The van der Waals surface area contributed by atoms with Crippen molar-refractivity contribution in [1.82, 2.24) is 4.98 Å². The quantitative estimate of drug-likeness (QED) is 0.302. The van der Waals surface area contributed by atoms with Crippen molar-refractivity contribution in [2.75, 3.05) is 0 Å². The molecule has 4 aromatic carbocycles. The van der Waals surface area contributed by atoms with Gasteiger partial charge in [0.1, 0.15) is 16.7 Å². The third kappa shape index (κ3) is 3.61. The van der Waals surface area contributed by atoms with Crippen LogP contribution in [0.3, 0.4) is 0 Å². The Kier molecular flexibility index (Phi) is 4.82. The van der Waals surface area contributed by atoms with Gasteiger partial charge >= 0.3 is 7.48 Å². The van der Waals surface area contributed by atoms with E-state index < -0.39 is 11.2 Å². The maximum Gasteiger partial charge on any atom is 0.334 e. The van der Waals surface area contributed by atoms with Crippen molar-refractivity contribution in [1.29, 1.82) is 0 Å². The van der Waals surface area contributed by atoms with Gasteiger partial charge in [0, 0.05) is 22.4 Å². The maximum absolute atomic E-state index is 10.6. The second kappa shape index (κ2) is 7.70. The van der Waals surface area contributed by atoms with E-state index in [0.29, 0.717) is 22.6 Å². The molecule has 0 atom stereocenters. The molecule has 6 rings (SSSR count). The number of para-hydroxylation sites is 1. The van der Waals surface area contributed by atoms with Crippen molar-refractivity contribution >= 4 is 56.8 Å². The Morgan fingerprint density at radius 3 is 2.34 bits per heavy atom. The molecule has 0 saturated carbocycles. The Morgan fingerprint density at radius 1 is 0.800 bits per heavy atom. The fraction of sp³-hybridized carbons (Fsp3) is 0.207. The smallest absolute Gasteiger partial charge is 0.334 e. The largest absolute Gasteiger partial charge is 0.456 e. The lowest BCUT2D eigenvalue weighted by atomic mass is 9.80. The summed E-state index contributed by atoms with van der Waals surface area (Å²) in [6.45, 7) is 7.19. The number of nitrogens with zero attached hydrogens (tertiary/aromatic N) is 1. The summed E-state index contributed by atoms with van der Waals surface area (Å²) in [5.74, 6) is 0.527. The highest BCUT2D eigenvalue weighted by atomic mass is 16.5. The van der Waals surface area contributed by atoms with E-state index in [4.69, 9.17) is 18.5 Å². The summed E-state index contributed by atoms with van der Waals surface area (Å²) in [5, 5.41) is 14.8. The first kappa shape index (κ1) is 21.9. The van der Waals surface area contributed by atoms with Crippen molar-refractivity contribution in [3.8, 4) is 11.5 Å². The fourth-order valence-corrected chi connectivity index (χ4v) is 4.22. The van der Waals surface area contributed by atoms with Crippen LogP contribution in [0.1, 0.15) is 27.7 Å². The monoisotopic (exact) mass is 462 g/mol. The van der Waals surface area contributed by atoms with E-state index in [2.05, 4.69) is 24.3 Å². The molecule has 1 N–H and O–H groups in total. The van der Waals surface area contributed by atoms with Gasteiger partial charge in [-0.3, -0.25) is 0 Å². The molecule has 6 heteroatoms. The van der Waals surface area contributed by atoms with E-state index in [-0.39, 0.29) is 0 Å². The minimum Gasteiger partial charge on any atom is -0.456 e. The van der Waals surface area contributed by atoms with E-state index in [9.17, 15) is 5.11 Å². The number of benzene rings is 4. The second-order valence-corrected chi connectivity index (χ2v) is 9.99. The van der Waals surface area contributed by atoms with Crippen LogP contribution in [-0.4, -0.2) is 28.8 Å². The zero-order valence-corrected chi connectivity index (χ0v) is 20.1. The summed E-state index contributed by atoms with van der Waals surface area (Å²) in [5.41, 5.74) is 2.51. The summed E-state index contributed by atoms with van der Waals surface area (Å²) in [7, 11) is 1.68. The van der Waals surface area contributed by atoms with E-state index in [1.54, 1.807) is 21.3 Å². The Hall–Kier alpha value is -3.61. The molecule has 0 bridgehead atoms. The normalized spacial score (nSPS) is 12.8. The SMILES string of the molecule is CC(C)(O)C(C)(C)O[B]c1c2nc(-c3ccc4ccccc4c3)oc2cc2oc3ccccc3c12. The van der Waals surface area contributed by atoms with Crippen LogP contribution in [0.25, 0.3) is 55.3 Å². The molecule has 2 heterocycles. The third-order valence-corrected chi connectivity index (χ3v) is 7.00. The molecule has 173 valence electrons. The molecule has 1 radical (unpaired) electrons. The lowest BCUT2D eigenvalue weighted by Gasteiger charge is -2.37. The van der Waals surface area contributed by atoms with Gasteiger partial charge in [0.25, 0.3) is 0 Å². The molecule has 0 aliphatic rings. The molecule has 0 aliphatic heterocycles. The molecule has 0 saturated heterocycles. The minimum absolute atomic E-state index is 0.527. The van der Waals surface area contributed by atoms with E-state index >= 15 is 0 Å². The number of fused-ring (bicyclic) bond motifs is 5. The maximum atomic E-state index is 10.6. The molecule has 0 fully saturated rings. The molecule has 0 aliphatic carbocycles. The van der Waals surface area contributed by atoms with Gasteiger partial charge < -0.3 is 18.6 Å². The molecular formula is C29H25BNO4. The van der Waals surface area contributed by atoms with Crippen LogP contribution in [0.4, 0.5) is 0 Å². The van der Waals surface area contributed by atoms with Gasteiger partial charge in [0.15, 0.2) is 5.58 Å². The predicted octanol–water partition coefficient (Wildman–Crippen LogP) is 6.36. The molecule has 2 aromatic heterocycles. The van der Waals surface area contributed by atoms with E-state index in [1.807, 2.05) is 62.4 Å². The van der Waals surface area contributed by atoms with Crippen LogP contribution in [0, 0.1) is 0 Å². The van der Waals surface area contributed by atoms with Gasteiger partial charge in [-0.15, -0.1) is 0 Å². The topological polar surface area (TPSA) is 68.6 Å². The van der Waals surface area contributed by atoms with Gasteiger partial charge in [0.05, 0.1) is 11.2 Å². The van der Waals surface area contributed by atoms with E-state index in [1.165, 1.54) is 0 Å². The molecule has 6 aromatic rings. The highest BCUT2D eigenvalue weighted by molar-refractivity contribution is 6.57.